The molecule has 1 amide bonds. The Hall–Kier alpha value is -0.810. The van der Waals surface area contributed by atoms with Crippen molar-refractivity contribution in [1.82, 2.24) is 9.80 Å². The van der Waals surface area contributed by atoms with Crippen molar-refractivity contribution in [2.24, 2.45) is 0 Å². The number of aliphatic hydroxyl groups excluding tert-OH is 1. The van der Waals surface area contributed by atoms with E-state index in [4.69, 9.17) is 4.74 Å². The van der Waals surface area contributed by atoms with Gasteiger partial charge < -0.3 is 19.6 Å². The molecule has 1 aliphatic carbocycles. The number of nitrogens with zero attached hydrogens (tertiary/aromatic N) is 2. The summed E-state index contributed by atoms with van der Waals surface area (Å²) in [5, 5.41) is 9.20. The van der Waals surface area contributed by atoms with E-state index in [9.17, 15) is 9.90 Å². The zero-order valence-electron chi connectivity index (χ0n) is 13.6. The van der Waals surface area contributed by atoms with E-state index >= 15 is 0 Å². The zero-order valence-corrected chi connectivity index (χ0v) is 13.6. The lowest BCUT2D eigenvalue weighted by molar-refractivity contribution is 0.00544. The maximum atomic E-state index is 12.2. The number of carbonyl (C=O) groups excluding carboxylic acids is 1. The van der Waals surface area contributed by atoms with Gasteiger partial charge in [0.25, 0.3) is 0 Å². The molecule has 1 rings (SSSR count). The molecule has 0 aromatic rings. The Kier molecular flexibility index (Phi) is 6.27. The van der Waals surface area contributed by atoms with E-state index in [1.54, 1.807) is 4.90 Å². The average Bonchev–Trinajstić information content (AvgIpc) is 2.34. The summed E-state index contributed by atoms with van der Waals surface area (Å²) in [5.74, 6) is 0. The topological polar surface area (TPSA) is 53.0 Å². The normalized spacial score (nSPS) is 23.8. The predicted octanol–water partition coefficient (Wildman–Crippen LogP) is 2.09. The van der Waals surface area contributed by atoms with Gasteiger partial charge in [-0.3, -0.25) is 0 Å². The van der Waals surface area contributed by atoms with Gasteiger partial charge >= 0.3 is 6.09 Å². The molecule has 1 fully saturated rings. The molecule has 0 aliphatic heterocycles. The molecule has 0 atom stereocenters. The van der Waals surface area contributed by atoms with Crippen LogP contribution >= 0.6 is 0 Å². The third kappa shape index (κ3) is 5.29. The number of aliphatic hydroxyl groups is 1. The van der Waals surface area contributed by atoms with E-state index in [0.717, 1.165) is 25.7 Å². The average molecular weight is 286 g/mol. The van der Waals surface area contributed by atoms with Crippen molar-refractivity contribution in [2.75, 3.05) is 27.2 Å². The van der Waals surface area contributed by atoms with E-state index in [1.165, 1.54) is 0 Å². The van der Waals surface area contributed by atoms with Gasteiger partial charge in [0.05, 0.1) is 6.61 Å². The molecule has 5 heteroatoms. The van der Waals surface area contributed by atoms with Gasteiger partial charge in [-0.2, -0.15) is 0 Å². The second kappa shape index (κ2) is 7.27. The molecule has 0 radical (unpaired) electrons. The maximum absolute atomic E-state index is 12.2. The van der Waals surface area contributed by atoms with Crippen molar-refractivity contribution in [3.63, 3.8) is 0 Å². The first-order valence-electron chi connectivity index (χ1n) is 7.51. The Labute approximate surface area is 122 Å². The predicted molar refractivity (Wildman–Crippen MR) is 79.8 cm³/mol. The lowest BCUT2D eigenvalue weighted by Crippen LogP contribution is -2.47. The second-order valence-electron chi connectivity index (χ2n) is 6.82. The van der Waals surface area contributed by atoms with Crippen LogP contribution in [0.5, 0.6) is 0 Å². The molecule has 5 nitrogen and oxygen atoms in total. The Morgan fingerprint density at radius 1 is 1.15 bits per heavy atom. The highest BCUT2D eigenvalue weighted by Gasteiger charge is 2.31. The summed E-state index contributed by atoms with van der Waals surface area (Å²) in [6.45, 7) is 5.93. The van der Waals surface area contributed by atoms with Crippen LogP contribution in [0.2, 0.25) is 0 Å². The van der Waals surface area contributed by atoms with Crippen LogP contribution in [0.15, 0.2) is 0 Å². The second-order valence-corrected chi connectivity index (χ2v) is 6.82. The van der Waals surface area contributed by atoms with Gasteiger partial charge in [-0.1, -0.05) is 0 Å². The first-order valence-corrected chi connectivity index (χ1v) is 7.51. The maximum Gasteiger partial charge on any atom is 0.410 e. The summed E-state index contributed by atoms with van der Waals surface area (Å²) in [7, 11) is 4.20. The van der Waals surface area contributed by atoms with E-state index in [1.807, 2.05) is 20.8 Å². The molecule has 0 bridgehead atoms. The van der Waals surface area contributed by atoms with Gasteiger partial charge in [0, 0.05) is 18.6 Å². The van der Waals surface area contributed by atoms with Crippen LogP contribution in [0.25, 0.3) is 0 Å². The van der Waals surface area contributed by atoms with Crippen molar-refractivity contribution in [2.45, 2.75) is 64.1 Å². The van der Waals surface area contributed by atoms with Crippen LogP contribution < -0.4 is 0 Å². The van der Waals surface area contributed by atoms with Crippen LogP contribution in [0.4, 0.5) is 4.79 Å². The Bertz CT molecular complexity index is 305. The SMILES string of the molecule is CN(C)C1CCC(N(CCO)C(=O)OC(C)(C)C)CC1. The number of carbonyl (C=O) groups is 1. The van der Waals surface area contributed by atoms with Crippen LogP contribution in [-0.4, -0.2) is 65.9 Å². The molecule has 1 N–H and O–H groups in total. The number of hydrogen-bond acceptors (Lipinski definition) is 4. The van der Waals surface area contributed by atoms with Gasteiger partial charge in [-0.15, -0.1) is 0 Å². The number of rotatable bonds is 4. The molecule has 20 heavy (non-hydrogen) atoms. The van der Waals surface area contributed by atoms with Crippen LogP contribution in [0, 0.1) is 0 Å². The number of hydrogen-bond donors (Lipinski definition) is 1. The largest absolute Gasteiger partial charge is 0.444 e. The smallest absolute Gasteiger partial charge is 0.410 e. The van der Waals surface area contributed by atoms with E-state index in [0.29, 0.717) is 12.6 Å². The first-order chi connectivity index (χ1) is 9.24. The third-order valence-electron chi connectivity index (χ3n) is 3.81. The Morgan fingerprint density at radius 3 is 2.05 bits per heavy atom. The molecule has 0 spiro atoms. The highest BCUT2D eigenvalue weighted by atomic mass is 16.6. The summed E-state index contributed by atoms with van der Waals surface area (Å²) in [6, 6.07) is 0.786. The lowest BCUT2D eigenvalue weighted by atomic mass is 9.89. The van der Waals surface area contributed by atoms with E-state index in [-0.39, 0.29) is 18.7 Å². The van der Waals surface area contributed by atoms with Crippen molar-refractivity contribution < 1.29 is 14.6 Å². The molecular formula is C15H30N2O3. The third-order valence-corrected chi connectivity index (χ3v) is 3.81. The highest BCUT2D eigenvalue weighted by molar-refractivity contribution is 5.68. The van der Waals surface area contributed by atoms with Crippen LogP contribution in [0.3, 0.4) is 0 Å². The summed E-state index contributed by atoms with van der Waals surface area (Å²) >= 11 is 0. The van der Waals surface area contributed by atoms with Crippen LogP contribution in [-0.2, 0) is 4.74 Å². The number of amides is 1. The zero-order chi connectivity index (χ0) is 15.3. The van der Waals surface area contributed by atoms with Gasteiger partial charge in [-0.05, 0) is 60.5 Å². The molecule has 1 saturated carbocycles. The molecule has 0 unspecified atom stereocenters. The summed E-state index contributed by atoms with van der Waals surface area (Å²) in [4.78, 5) is 16.2. The van der Waals surface area contributed by atoms with Crippen molar-refractivity contribution in [3.05, 3.63) is 0 Å². The van der Waals surface area contributed by atoms with Crippen molar-refractivity contribution in [1.29, 1.82) is 0 Å². The van der Waals surface area contributed by atoms with E-state index in [2.05, 4.69) is 19.0 Å². The fraction of sp³-hybridized carbons (Fsp3) is 0.933. The minimum absolute atomic E-state index is 0.0210. The number of ether oxygens (including phenoxy) is 1. The molecule has 0 heterocycles. The molecule has 1 aliphatic rings. The molecule has 118 valence electrons. The van der Waals surface area contributed by atoms with Gasteiger partial charge in [-0.25, -0.2) is 4.79 Å². The Balaban J connectivity index is 2.61. The Morgan fingerprint density at radius 2 is 1.65 bits per heavy atom. The van der Waals surface area contributed by atoms with Gasteiger partial charge in [0.2, 0.25) is 0 Å². The van der Waals surface area contributed by atoms with Gasteiger partial charge in [0.1, 0.15) is 5.60 Å². The fourth-order valence-electron chi connectivity index (χ4n) is 2.74. The first kappa shape index (κ1) is 17.2. The fourth-order valence-corrected chi connectivity index (χ4v) is 2.74. The summed E-state index contributed by atoms with van der Waals surface area (Å²) in [5.41, 5.74) is -0.494. The molecule has 0 aromatic carbocycles. The minimum atomic E-state index is -0.494. The van der Waals surface area contributed by atoms with Crippen LogP contribution in [0.1, 0.15) is 46.5 Å². The minimum Gasteiger partial charge on any atom is -0.444 e. The van der Waals surface area contributed by atoms with Crippen molar-refractivity contribution in [3.8, 4) is 0 Å². The molecular weight excluding hydrogens is 256 g/mol. The van der Waals surface area contributed by atoms with E-state index < -0.39 is 5.60 Å². The highest BCUT2D eigenvalue weighted by Crippen LogP contribution is 2.26. The summed E-state index contributed by atoms with van der Waals surface area (Å²) in [6.07, 6.45) is 3.81. The monoisotopic (exact) mass is 286 g/mol. The standard InChI is InChI=1S/C15H30N2O3/c1-15(2,3)20-14(19)17(10-11-18)13-8-6-12(7-9-13)16(4)5/h12-13,18H,6-11H2,1-5H3. The van der Waals surface area contributed by atoms with Gasteiger partial charge in [0.15, 0.2) is 0 Å². The summed E-state index contributed by atoms with van der Waals surface area (Å²) < 4.78 is 5.45. The quantitative estimate of drug-likeness (QED) is 0.860. The van der Waals surface area contributed by atoms with Crippen molar-refractivity contribution >= 4 is 6.09 Å². The molecule has 0 aromatic heterocycles. The molecule has 0 saturated heterocycles. The lowest BCUT2D eigenvalue weighted by Gasteiger charge is -2.39.